The molecular weight excluding hydrogens is 344 g/mol. The van der Waals surface area contributed by atoms with Crippen molar-refractivity contribution in [2.75, 3.05) is 5.32 Å². The van der Waals surface area contributed by atoms with Gasteiger partial charge in [0.15, 0.2) is 11.5 Å². The molecule has 5 heterocycles. The van der Waals surface area contributed by atoms with Gasteiger partial charge in [0, 0.05) is 30.6 Å². The zero-order valence-electron chi connectivity index (χ0n) is 14.9. The highest BCUT2D eigenvalue weighted by molar-refractivity contribution is 5.67. The number of rotatable bonds is 3. The topological polar surface area (TPSA) is 106 Å². The Morgan fingerprint density at radius 1 is 1.19 bits per heavy atom. The number of aliphatic hydroxyl groups is 1. The lowest BCUT2D eigenvalue weighted by Crippen LogP contribution is -2.17. The summed E-state index contributed by atoms with van der Waals surface area (Å²) in [5.41, 5.74) is 3.52. The first-order valence-corrected chi connectivity index (χ1v) is 8.75. The molecule has 4 aromatic heterocycles. The third-order valence-electron chi connectivity index (χ3n) is 4.95. The van der Waals surface area contributed by atoms with Gasteiger partial charge in [0.1, 0.15) is 11.9 Å². The van der Waals surface area contributed by atoms with E-state index < -0.39 is 6.10 Å². The van der Waals surface area contributed by atoms with Crippen LogP contribution in [0, 0.1) is 0 Å². The minimum absolute atomic E-state index is 0.194. The van der Waals surface area contributed by atoms with E-state index in [2.05, 4.69) is 43.6 Å². The molecule has 2 atom stereocenters. The molecule has 0 spiro atoms. The maximum absolute atomic E-state index is 10.2. The normalized spacial score (nSPS) is 18.8. The summed E-state index contributed by atoms with van der Waals surface area (Å²) in [4.78, 5) is 8.93. The first-order chi connectivity index (χ1) is 13.1. The first-order valence-electron chi connectivity index (χ1n) is 8.75. The van der Waals surface area contributed by atoms with Gasteiger partial charge in [-0.05, 0) is 30.5 Å². The number of aryl methyl sites for hydroxylation is 1. The van der Waals surface area contributed by atoms with Crippen LogP contribution in [0.1, 0.15) is 36.9 Å². The SMILES string of the molecule is CC1C[C@@H](O)c2nnc3cc(-c4ccnc(Nc5ccnn5C)n4)cc1n23. The maximum Gasteiger partial charge on any atom is 0.228 e. The van der Waals surface area contributed by atoms with Crippen LogP contribution in [-0.4, -0.2) is 39.5 Å². The smallest absolute Gasteiger partial charge is 0.228 e. The molecule has 0 aromatic carbocycles. The van der Waals surface area contributed by atoms with E-state index in [1.165, 1.54) is 0 Å². The minimum atomic E-state index is -0.581. The molecule has 1 aliphatic heterocycles. The molecule has 2 N–H and O–H groups in total. The second kappa shape index (κ2) is 5.85. The highest BCUT2D eigenvalue weighted by atomic mass is 16.3. The van der Waals surface area contributed by atoms with E-state index >= 15 is 0 Å². The van der Waals surface area contributed by atoms with Crippen molar-refractivity contribution in [2.45, 2.75) is 25.4 Å². The van der Waals surface area contributed by atoms with Gasteiger partial charge in [0.05, 0.1) is 11.9 Å². The monoisotopic (exact) mass is 362 g/mol. The lowest BCUT2D eigenvalue weighted by molar-refractivity contribution is 0.139. The highest BCUT2D eigenvalue weighted by Crippen LogP contribution is 2.36. The Morgan fingerprint density at radius 3 is 2.89 bits per heavy atom. The number of hydrogen-bond acceptors (Lipinski definition) is 7. The number of aliphatic hydroxyl groups excluding tert-OH is 1. The molecule has 0 amide bonds. The summed E-state index contributed by atoms with van der Waals surface area (Å²) in [7, 11) is 1.85. The van der Waals surface area contributed by atoms with Crippen molar-refractivity contribution in [1.29, 1.82) is 0 Å². The molecular formula is C18H18N8O. The Hall–Kier alpha value is -3.33. The third-order valence-corrected chi connectivity index (χ3v) is 4.95. The molecule has 27 heavy (non-hydrogen) atoms. The van der Waals surface area contributed by atoms with Crippen molar-refractivity contribution in [2.24, 2.45) is 7.05 Å². The average molecular weight is 362 g/mol. The molecule has 0 saturated heterocycles. The van der Waals surface area contributed by atoms with Gasteiger partial charge >= 0.3 is 0 Å². The number of nitrogens with zero attached hydrogens (tertiary/aromatic N) is 7. The molecule has 9 heteroatoms. The van der Waals surface area contributed by atoms with Crippen molar-refractivity contribution < 1.29 is 5.11 Å². The number of pyridine rings is 1. The van der Waals surface area contributed by atoms with Crippen LogP contribution in [0.15, 0.2) is 36.7 Å². The molecule has 5 rings (SSSR count). The van der Waals surface area contributed by atoms with Crippen LogP contribution < -0.4 is 5.32 Å². The van der Waals surface area contributed by atoms with Gasteiger partial charge in [-0.3, -0.25) is 9.08 Å². The lowest BCUT2D eigenvalue weighted by atomic mass is 9.94. The molecule has 1 unspecified atom stereocenters. The predicted octanol–water partition coefficient (Wildman–Crippen LogP) is 2.20. The summed E-state index contributed by atoms with van der Waals surface area (Å²) < 4.78 is 3.66. The molecule has 136 valence electrons. The fourth-order valence-corrected chi connectivity index (χ4v) is 3.55. The fraction of sp³-hybridized carbons (Fsp3) is 0.278. The summed E-state index contributed by atoms with van der Waals surface area (Å²) in [6.45, 7) is 2.10. The summed E-state index contributed by atoms with van der Waals surface area (Å²) in [5.74, 6) is 2.10. The van der Waals surface area contributed by atoms with Gasteiger partial charge in [0.2, 0.25) is 5.95 Å². The van der Waals surface area contributed by atoms with Gasteiger partial charge in [-0.25, -0.2) is 9.97 Å². The van der Waals surface area contributed by atoms with E-state index in [9.17, 15) is 5.11 Å². The molecule has 0 saturated carbocycles. The van der Waals surface area contributed by atoms with E-state index in [0.29, 0.717) is 23.8 Å². The second-order valence-electron chi connectivity index (χ2n) is 6.80. The van der Waals surface area contributed by atoms with Gasteiger partial charge in [-0.15, -0.1) is 10.2 Å². The quantitative estimate of drug-likeness (QED) is 0.575. The van der Waals surface area contributed by atoms with Gasteiger partial charge < -0.3 is 10.4 Å². The van der Waals surface area contributed by atoms with Crippen LogP contribution in [0.4, 0.5) is 11.8 Å². The van der Waals surface area contributed by atoms with Crippen molar-refractivity contribution in [3.63, 3.8) is 0 Å². The van der Waals surface area contributed by atoms with Crippen molar-refractivity contribution in [3.05, 3.63) is 48.2 Å². The van der Waals surface area contributed by atoms with Crippen molar-refractivity contribution in [3.8, 4) is 11.3 Å². The Kier molecular flexibility index (Phi) is 3.44. The molecule has 0 fully saturated rings. The van der Waals surface area contributed by atoms with Gasteiger partial charge in [-0.1, -0.05) is 6.92 Å². The van der Waals surface area contributed by atoms with Crippen LogP contribution in [0.5, 0.6) is 0 Å². The van der Waals surface area contributed by atoms with Crippen LogP contribution in [-0.2, 0) is 7.05 Å². The number of hydrogen-bond donors (Lipinski definition) is 2. The zero-order chi connectivity index (χ0) is 18.5. The van der Waals surface area contributed by atoms with Crippen molar-refractivity contribution in [1.82, 2.24) is 34.3 Å². The zero-order valence-corrected chi connectivity index (χ0v) is 14.9. The van der Waals surface area contributed by atoms with Crippen LogP contribution >= 0.6 is 0 Å². The average Bonchev–Trinajstić information content (AvgIpc) is 3.27. The predicted molar refractivity (Wildman–Crippen MR) is 98.5 cm³/mol. The molecule has 9 nitrogen and oxygen atoms in total. The van der Waals surface area contributed by atoms with Gasteiger partial charge in [-0.2, -0.15) is 5.10 Å². The van der Waals surface area contributed by atoms with Crippen LogP contribution in [0.3, 0.4) is 0 Å². The second-order valence-corrected chi connectivity index (χ2v) is 6.80. The van der Waals surface area contributed by atoms with E-state index in [0.717, 1.165) is 22.8 Å². The molecule has 0 radical (unpaired) electrons. The van der Waals surface area contributed by atoms with Gasteiger partial charge in [0.25, 0.3) is 0 Å². The fourth-order valence-electron chi connectivity index (χ4n) is 3.55. The van der Waals surface area contributed by atoms with Crippen LogP contribution in [0.2, 0.25) is 0 Å². The largest absolute Gasteiger partial charge is 0.385 e. The highest BCUT2D eigenvalue weighted by Gasteiger charge is 2.28. The van der Waals surface area contributed by atoms with Crippen molar-refractivity contribution >= 4 is 17.4 Å². The van der Waals surface area contributed by atoms with E-state index in [1.807, 2.05) is 29.6 Å². The molecule has 0 aliphatic carbocycles. The Morgan fingerprint density at radius 2 is 2.07 bits per heavy atom. The Bertz CT molecular complexity index is 1150. The molecule has 1 aliphatic rings. The van der Waals surface area contributed by atoms with E-state index in [4.69, 9.17) is 0 Å². The molecule has 4 aromatic rings. The summed E-state index contributed by atoms with van der Waals surface area (Å²) in [6, 6.07) is 7.75. The number of anilines is 2. The maximum atomic E-state index is 10.2. The minimum Gasteiger partial charge on any atom is -0.385 e. The lowest BCUT2D eigenvalue weighted by Gasteiger charge is -2.24. The summed E-state index contributed by atoms with van der Waals surface area (Å²) in [6.07, 6.45) is 3.49. The number of nitrogens with one attached hydrogen (secondary N) is 1. The van der Waals surface area contributed by atoms with E-state index in [-0.39, 0.29) is 5.92 Å². The standard InChI is InChI=1S/C18H18N8O/c1-10-7-14(27)17-24-23-16-9-11(8-13(10)26(16)17)12-3-5-19-18(21-12)22-15-4-6-20-25(15)2/h3-6,8-10,14,27H,7H2,1-2H3,(H,19,21,22)/t10?,14-/m1/s1. The Labute approximate surface area is 154 Å². The Balaban J connectivity index is 1.58. The van der Waals surface area contributed by atoms with E-state index in [1.54, 1.807) is 17.1 Å². The summed E-state index contributed by atoms with van der Waals surface area (Å²) >= 11 is 0. The number of aromatic nitrogens is 7. The summed E-state index contributed by atoms with van der Waals surface area (Å²) in [5, 5.41) is 25.9. The van der Waals surface area contributed by atoms with Crippen LogP contribution in [0.25, 0.3) is 16.9 Å². The first kappa shape index (κ1) is 15.9. The molecule has 0 bridgehead atoms. The third kappa shape index (κ3) is 2.55.